The molecule has 21 heavy (non-hydrogen) atoms. The highest BCUT2D eigenvalue weighted by Crippen LogP contribution is 2.17. The molecule has 0 aliphatic heterocycles. The lowest BCUT2D eigenvalue weighted by Gasteiger charge is -2.10. The molecule has 2 N–H and O–H groups in total. The monoisotopic (exact) mass is 286 g/mol. The molecule has 1 amide bonds. The van der Waals surface area contributed by atoms with Gasteiger partial charge in [0.1, 0.15) is 5.82 Å². The fourth-order valence-corrected chi connectivity index (χ4v) is 2.00. The average molecular weight is 286 g/mol. The van der Waals surface area contributed by atoms with E-state index in [1.165, 1.54) is 6.07 Å². The number of benzene rings is 2. The fraction of sp³-hybridized carbons (Fsp3) is 0.235. The maximum Gasteiger partial charge on any atom is 0.226 e. The van der Waals surface area contributed by atoms with Crippen LogP contribution in [0.25, 0.3) is 0 Å². The summed E-state index contributed by atoms with van der Waals surface area (Å²) in [4.78, 5) is 11.9. The fourth-order valence-electron chi connectivity index (χ4n) is 2.00. The molecule has 0 aromatic heterocycles. The molecule has 110 valence electrons. The highest BCUT2D eigenvalue weighted by Gasteiger charge is 2.06. The summed E-state index contributed by atoms with van der Waals surface area (Å²) in [7, 11) is 0. The molecule has 0 bridgehead atoms. The number of carbonyl (C=O) groups excluding carboxylic acids is 1. The number of hydrogen-bond donors (Lipinski definition) is 2. The first kappa shape index (κ1) is 15.0. The van der Waals surface area contributed by atoms with Gasteiger partial charge in [-0.25, -0.2) is 4.39 Å². The zero-order chi connectivity index (χ0) is 15.2. The SMILES string of the molecule is Cc1ccc(C)c(NC(=O)CCNc2ccccc2F)c1. The van der Waals surface area contributed by atoms with Gasteiger partial charge >= 0.3 is 0 Å². The molecule has 0 aliphatic carbocycles. The van der Waals surface area contributed by atoms with Crippen molar-refractivity contribution >= 4 is 17.3 Å². The molecule has 0 heterocycles. The van der Waals surface area contributed by atoms with Crippen LogP contribution in [0.15, 0.2) is 42.5 Å². The van der Waals surface area contributed by atoms with Crippen molar-refractivity contribution in [3.05, 3.63) is 59.4 Å². The first-order valence-corrected chi connectivity index (χ1v) is 6.92. The van der Waals surface area contributed by atoms with Gasteiger partial charge in [-0.15, -0.1) is 0 Å². The van der Waals surface area contributed by atoms with Crippen molar-refractivity contribution in [3.63, 3.8) is 0 Å². The van der Waals surface area contributed by atoms with Gasteiger partial charge in [0, 0.05) is 18.7 Å². The first-order chi connectivity index (χ1) is 10.1. The predicted octanol–water partition coefficient (Wildman–Crippen LogP) is 3.88. The van der Waals surface area contributed by atoms with Crippen LogP contribution in [0.1, 0.15) is 17.5 Å². The van der Waals surface area contributed by atoms with Crippen LogP contribution in [-0.4, -0.2) is 12.5 Å². The number of carbonyl (C=O) groups is 1. The normalized spacial score (nSPS) is 10.2. The Labute approximate surface area is 124 Å². The second-order valence-electron chi connectivity index (χ2n) is 5.02. The number of para-hydroxylation sites is 1. The van der Waals surface area contributed by atoms with E-state index in [1.807, 2.05) is 32.0 Å². The standard InChI is InChI=1S/C17H19FN2O/c1-12-7-8-13(2)16(11-12)20-17(21)9-10-19-15-6-4-3-5-14(15)18/h3-8,11,19H,9-10H2,1-2H3,(H,20,21). The van der Waals surface area contributed by atoms with Crippen LogP contribution in [0.5, 0.6) is 0 Å². The van der Waals surface area contributed by atoms with Gasteiger partial charge in [0.25, 0.3) is 0 Å². The summed E-state index contributed by atoms with van der Waals surface area (Å²) >= 11 is 0. The smallest absolute Gasteiger partial charge is 0.226 e. The van der Waals surface area contributed by atoms with E-state index >= 15 is 0 Å². The first-order valence-electron chi connectivity index (χ1n) is 6.92. The molecular weight excluding hydrogens is 267 g/mol. The highest BCUT2D eigenvalue weighted by molar-refractivity contribution is 5.91. The topological polar surface area (TPSA) is 41.1 Å². The van der Waals surface area contributed by atoms with Crippen molar-refractivity contribution < 1.29 is 9.18 Å². The van der Waals surface area contributed by atoms with Crippen LogP contribution < -0.4 is 10.6 Å². The zero-order valence-corrected chi connectivity index (χ0v) is 12.2. The van der Waals surface area contributed by atoms with Gasteiger partial charge in [-0.1, -0.05) is 24.3 Å². The van der Waals surface area contributed by atoms with E-state index < -0.39 is 0 Å². The van der Waals surface area contributed by atoms with E-state index in [-0.39, 0.29) is 18.1 Å². The number of aryl methyl sites for hydroxylation is 2. The number of hydrogen-bond acceptors (Lipinski definition) is 2. The van der Waals surface area contributed by atoms with Crippen molar-refractivity contribution in [1.29, 1.82) is 0 Å². The van der Waals surface area contributed by atoms with E-state index in [1.54, 1.807) is 18.2 Å². The van der Waals surface area contributed by atoms with Gasteiger partial charge in [-0.05, 0) is 43.2 Å². The molecule has 0 fully saturated rings. The summed E-state index contributed by atoms with van der Waals surface area (Å²) in [6.45, 7) is 4.32. The third-order valence-electron chi connectivity index (χ3n) is 3.21. The number of halogens is 1. The van der Waals surface area contributed by atoms with E-state index in [0.29, 0.717) is 12.2 Å². The predicted molar refractivity (Wildman–Crippen MR) is 84.1 cm³/mol. The van der Waals surface area contributed by atoms with E-state index in [4.69, 9.17) is 0 Å². The van der Waals surface area contributed by atoms with Gasteiger partial charge in [0.05, 0.1) is 5.69 Å². The minimum Gasteiger partial charge on any atom is -0.382 e. The van der Waals surface area contributed by atoms with Crippen molar-refractivity contribution in [3.8, 4) is 0 Å². The van der Waals surface area contributed by atoms with E-state index in [2.05, 4.69) is 10.6 Å². The van der Waals surface area contributed by atoms with Gasteiger partial charge in [0.15, 0.2) is 0 Å². The van der Waals surface area contributed by atoms with Gasteiger partial charge in [-0.2, -0.15) is 0 Å². The minimum atomic E-state index is -0.313. The lowest BCUT2D eigenvalue weighted by Crippen LogP contribution is -2.17. The Hall–Kier alpha value is -2.36. The third kappa shape index (κ3) is 4.31. The molecule has 2 aromatic rings. The lowest BCUT2D eigenvalue weighted by molar-refractivity contribution is -0.115. The summed E-state index contributed by atoms with van der Waals surface area (Å²) in [5, 5.41) is 5.80. The molecule has 3 nitrogen and oxygen atoms in total. The number of amides is 1. The van der Waals surface area contributed by atoms with Gasteiger partial charge < -0.3 is 10.6 Å². The summed E-state index contributed by atoms with van der Waals surface area (Å²) < 4.78 is 13.4. The third-order valence-corrected chi connectivity index (χ3v) is 3.21. The van der Waals surface area contributed by atoms with E-state index in [0.717, 1.165) is 16.8 Å². The Morgan fingerprint density at radius 1 is 1.10 bits per heavy atom. The Bertz CT molecular complexity index is 640. The Balaban J connectivity index is 1.85. The van der Waals surface area contributed by atoms with Crippen molar-refractivity contribution in [2.75, 3.05) is 17.2 Å². The second kappa shape index (κ2) is 6.88. The molecule has 0 saturated carbocycles. The van der Waals surface area contributed by atoms with Crippen LogP contribution in [0.3, 0.4) is 0 Å². The average Bonchev–Trinajstić information content (AvgIpc) is 2.45. The van der Waals surface area contributed by atoms with Gasteiger partial charge in [0.2, 0.25) is 5.91 Å². The van der Waals surface area contributed by atoms with Crippen molar-refractivity contribution in [2.45, 2.75) is 20.3 Å². The maximum atomic E-state index is 13.4. The van der Waals surface area contributed by atoms with Crippen LogP contribution in [0.4, 0.5) is 15.8 Å². The van der Waals surface area contributed by atoms with Crippen molar-refractivity contribution in [1.82, 2.24) is 0 Å². The number of nitrogens with one attached hydrogen (secondary N) is 2. The van der Waals surface area contributed by atoms with Crippen LogP contribution >= 0.6 is 0 Å². The summed E-state index contributed by atoms with van der Waals surface area (Å²) in [6, 6.07) is 12.3. The molecule has 0 atom stereocenters. The molecule has 0 unspecified atom stereocenters. The Morgan fingerprint density at radius 2 is 1.86 bits per heavy atom. The number of anilines is 2. The summed E-state index contributed by atoms with van der Waals surface area (Å²) in [5.74, 6) is -0.403. The molecule has 4 heteroatoms. The molecule has 0 aliphatic rings. The Morgan fingerprint density at radius 3 is 2.62 bits per heavy atom. The summed E-state index contributed by atoms with van der Waals surface area (Å²) in [6.07, 6.45) is 0.279. The summed E-state index contributed by atoms with van der Waals surface area (Å²) in [5.41, 5.74) is 3.36. The van der Waals surface area contributed by atoms with Crippen molar-refractivity contribution in [2.24, 2.45) is 0 Å². The zero-order valence-electron chi connectivity index (χ0n) is 12.2. The van der Waals surface area contributed by atoms with Crippen LogP contribution in [-0.2, 0) is 4.79 Å². The molecule has 2 aromatic carbocycles. The molecule has 0 saturated heterocycles. The second-order valence-corrected chi connectivity index (χ2v) is 5.02. The molecular formula is C17H19FN2O. The van der Waals surface area contributed by atoms with E-state index in [9.17, 15) is 9.18 Å². The van der Waals surface area contributed by atoms with Gasteiger partial charge in [-0.3, -0.25) is 4.79 Å². The molecule has 2 rings (SSSR count). The van der Waals surface area contributed by atoms with Crippen LogP contribution in [0.2, 0.25) is 0 Å². The lowest BCUT2D eigenvalue weighted by atomic mass is 10.1. The molecule has 0 radical (unpaired) electrons. The van der Waals surface area contributed by atoms with Crippen LogP contribution in [0, 0.1) is 19.7 Å². The quantitative estimate of drug-likeness (QED) is 0.875. The number of rotatable bonds is 5. The Kier molecular flexibility index (Phi) is 4.93. The largest absolute Gasteiger partial charge is 0.382 e. The minimum absolute atomic E-state index is 0.0902. The maximum absolute atomic E-state index is 13.4. The highest BCUT2D eigenvalue weighted by atomic mass is 19.1. The molecule has 0 spiro atoms.